The lowest BCUT2D eigenvalue weighted by molar-refractivity contribution is 0.487. The maximum Gasteiger partial charge on any atom is 0.162 e. The highest BCUT2D eigenvalue weighted by atomic mass is 19.2. The second kappa shape index (κ2) is 8.27. The second-order valence-electron chi connectivity index (χ2n) is 6.20. The number of benzene rings is 2. The van der Waals surface area contributed by atoms with Crippen LogP contribution in [0.25, 0.3) is 0 Å². The van der Waals surface area contributed by atoms with Crippen molar-refractivity contribution in [1.29, 1.82) is 0 Å². The third-order valence-corrected chi connectivity index (χ3v) is 3.59. The zero-order valence-electron chi connectivity index (χ0n) is 14.4. The van der Waals surface area contributed by atoms with E-state index >= 15 is 0 Å². The molecule has 5 heteroatoms. The van der Waals surface area contributed by atoms with E-state index in [0.29, 0.717) is 17.2 Å². The molecule has 0 unspecified atom stereocenters. The monoisotopic (exact) mass is 344 g/mol. The maximum absolute atomic E-state index is 13.1. The highest BCUT2D eigenvalue weighted by Crippen LogP contribution is 2.22. The van der Waals surface area contributed by atoms with Crippen molar-refractivity contribution in [2.75, 3.05) is 0 Å². The fourth-order valence-corrected chi connectivity index (χ4v) is 2.09. The van der Waals surface area contributed by atoms with Crippen LogP contribution in [0.4, 0.5) is 22.0 Å². The Kier molecular flexibility index (Phi) is 6.93. The summed E-state index contributed by atoms with van der Waals surface area (Å²) in [6, 6.07) is 4.71. The molecule has 0 spiro atoms. The van der Waals surface area contributed by atoms with Crippen molar-refractivity contribution < 1.29 is 22.0 Å². The highest BCUT2D eigenvalue weighted by Gasteiger charge is 2.13. The molecule has 0 saturated carbocycles. The zero-order valence-corrected chi connectivity index (χ0v) is 14.4. The summed E-state index contributed by atoms with van der Waals surface area (Å²) in [6.45, 7) is 8.68. The van der Waals surface area contributed by atoms with Crippen molar-refractivity contribution in [1.82, 2.24) is 0 Å². The van der Waals surface area contributed by atoms with E-state index in [-0.39, 0.29) is 17.4 Å². The van der Waals surface area contributed by atoms with Crippen molar-refractivity contribution in [3.63, 3.8) is 0 Å². The molecule has 0 N–H and O–H groups in total. The van der Waals surface area contributed by atoms with E-state index in [2.05, 4.69) is 0 Å². The molecule has 0 nitrogen and oxygen atoms in total. The second-order valence-corrected chi connectivity index (χ2v) is 6.20. The van der Waals surface area contributed by atoms with Gasteiger partial charge in [0.15, 0.2) is 23.3 Å². The molecule has 0 aliphatic heterocycles. The summed E-state index contributed by atoms with van der Waals surface area (Å²) in [4.78, 5) is 0. The number of halogens is 5. The van der Waals surface area contributed by atoms with Gasteiger partial charge in [-0.1, -0.05) is 39.8 Å². The molecule has 2 aromatic carbocycles. The standard InChI is InChI=1S/C10H12F2.C9H9F3/c1-6(2)8-5-4-7(3)9(11)10(8)12;1-5(2)6-3-8(11)9(12)4-7(6)10/h4-6H,1-3H3;3-5H,1-2H3. The van der Waals surface area contributed by atoms with Crippen LogP contribution in [-0.2, 0) is 0 Å². The molecule has 2 rings (SSSR count). The van der Waals surface area contributed by atoms with Gasteiger partial charge < -0.3 is 0 Å². The molecule has 0 aliphatic rings. The Bertz CT molecular complexity index is 699. The number of hydrogen-bond donors (Lipinski definition) is 0. The summed E-state index contributed by atoms with van der Waals surface area (Å²) in [5, 5.41) is 0. The van der Waals surface area contributed by atoms with Crippen LogP contribution in [0.2, 0.25) is 0 Å². The summed E-state index contributed by atoms with van der Waals surface area (Å²) in [7, 11) is 0. The van der Waals surface area contributed by atoms with E-state index in [1.165, 1.54) is 0 Å². The van der Waals surface area contributed by atoms with Gasteiger partial charge in [0, 0.05) is 6.07 Å². The molecule has 0 amide bonds. The normalized spacial score (nSPS) is 10.8. The number of aryl methyl sites for hydroxylation is 1. The minimum Gasteiger partial charge on any atom is -0.207 e. The Morgan fingerprint density at radius 3 is 1.62 bits per heavy atom. The lowest BCUT2D eigenvalue weighted by Crippen LogP contribution is -1.98. The first kappa shape index (κ1) is 20.1. The zero-order chi connectivity index (χ0) is 18.6. The molecule has 2 aromatic rings. The van der Waals surface area contributed by atoms with Crippen molar-refractivity contribution in [2.24, 2.45) is 0 Å². The average molecular weight is 344 g/mol. The van der Waals surface area contributed by atoms with Gasteiger partial charge in [-0.2, -0.15) is 0 Å². The van der Waals surface area contributed by atoms with Crippen LogP contribution in [0.1, 0.15) is 56.2 Å². The molecule has 0 aliphatic carbocycles. The van der Waals surface area contributed by atoms with Gasteiger partial charge >= 0.3 is 0 Å². The lowest BCUT2D eigenvalue weighted by Gasteiger charge is -2.08. The van der Waals surface area contributed by atoms with Crippen LogP contribution in [-0.4, -0.2) is 0 Å². The molecular formula is C19H21F5. The largest absolute Gasteiger partial charge is 0.207 e. The maximum atomic E-state index is 13.1. The summed E-state index contributed by atoms with van der Waals surface area (Å²) < 4.78 is 64.0. The van der Waals surface area contributed by atoms with Crippen molar-refractivity contribution in [2.45, 2.75) is 46.5 Å². The van der Waals surface area contributed by atoms with Crippen LogP contribution in [0.5, 0.6) is 0 Å². The van der Waals surface area contributed by atoms with E-state index in [0.717, 1.165) is 6.07 Å². The van der Waals surface area contributed by atoms with Crippen molar-refractivity contribution in [3.05, 3.63) is 70.0 Å². The third kappa shape index (κ3) is 4.79. The minimum atomic E-state index is -1.14. The minimum absolute atomic E-state index is 0.0279. The summed E-state index contributed by atoms with van der Waals surface area (Å²) in [5.74, 6) is -4.37. The first-order chi connectivity index (χ1) is 11.1. The molecule has 0 saturated heterocycles. The molecular weight excluding hydrogens is 323 g/mol. The molecule has 132 valence electrons. The van der Waals surface area contributed by atoms with E-state index in [1.54, 1.807) is 32.9 Å². The predicted octanol–water partition coefficient (Wildman–Crippen LogP) is 6.62. The Labute approximate surface area is 139 Å². The summed E-state index contributed by atoms with van der Waals surface area (Å²) in [5.41, 5.74) is 1.00. The Morgan fingerprint density at radius 1 is 0.625 bits per heavy atom. The van der Waals surface area contributed by atoms with Gasteiger partial charge in [-0.25, -0.2) is 22.0 Å². The van der Waals surface area contributed by atoms with Gasteiger partial charge in [0.05, 0.1) is 0 Å². The molecule has 0 atom stereocenters. The van der Waals surface area contributed by atoms with Crippen LogP contribution in [0, 0.1) is 36.0 Å². The Morgan fingerprint density at radius 2 is 1.12 bits per heavy atom. The quantitative estimate of drug-likeness (QED) is 0.424. The molecule has 0 fully saturated rings. The molecule has 0 radical (unpaired) electrons. The summed E-state index contributed by atoms with van der Waals surface area (Å²) in [6.07, 6.45) is 0. The molecule has 0 aromatic heterocycles. The Balaban J connectivity index is 0.000000240. The first-order valence-corrected chi connectivity index (χ1v) is 7.65. The van der Waals surface area contributed by atoms with Crippen LogP contribution < -0.4 is 0 Å². The topological polar surface area (TPSA) is 0 Å². The van der Waals surface area contributed by atoms with Crippen LogP contribution in [0.3, 0.4) is 0 Å². The van der Waals surface area contributed by atoms with Gasteiger partial charge in [-0.15, -0.1) is 0 Å². The van der Waals surface area contributed by atoms with Gasteiger partial charge in [-0.05, 0) is 41.5 Å². The van der Waals surface area contributed by atoms with Crippen LogP contribution >= 0.6 is 0 Å². The van der Waals surface area contributed by atoms with E-state index in [1.807, 2.05) is 13.8 Å². The number of rotatable bonds is 2. The van der Waals surface area contributed by atoms with E-state index in [4.69, 9.17) is 0 Å². The van der Waals surface area contributed by atoms with Gasteiger partial charge in [0.1, 0.15) is 5.82 Å². The fourth-order valence-electron chi connectivity index (χ4n) is 2.09. The van der Waals surface area contributed by atoms with Crippen molar-refractivity contribution >= 4 is 0 Å². The molecule has 0 heterocycles. The van der Waals surface area contributed by atoms with Crippen LogP contribution in [0.15, 0.2) is 24.3 Å². The number of hydrogen-bond acceptors (Lipinski definition) is 0. The highest BCUT2D eigenvalue weighted by molar-refractivity contribution is 5.27. The van der Waals surface area contributed by atoms with Gasteiger partial charge in [-0.3, -0.25) is 0 Å². The fraction of sp³-hybridized carbons (Fsp3) is 0.368. The predicted molar refractivity (Wildman–Crippen MR) is 85.6 cm³/mol. The lowest BCUT2D eigenvalue weighted by atomic mass is 10.0. The SMILES string of the molecule is CC(C)c1cc(F)c(F)cc1F.Cc1ccc(C(C)C)c(F)c1F. The van der Waals surface area contributed by atoms with Gasteiger partial charge in [0.25, 0.3) is 0 Å². The van der Waals surface area contributed by atoms with Crippen molar-refractivity contribution in [3.8, 4) is 0 Å². The molecule has 24 heavy (non-hydrogen) atoms. The summed E-state index contributed by atoms with van der Waals surface area (Å²) >= 11 is 0. The first-order valence-electron chi connectivity index (χ1n) is 7.65. The molecule has 0 bridgehead atoms. The smallest absolute Gasteiger partial charge is 0.162 e. The Hall–Kier alpha value is -1.91. The average Bonchev–Trinajstić information content (AvgIpc) is 2.48. The van der Waals surface area contributed by atoms with E-state index in [9.17, 15) is 22.0 Å². The third-order valence-electron chi connectivity index (χ3n) is 3.59. The van der Waals surface area contributed by atoms with Gasteiger partial charge in [0.2, 0.25) is 0 Å². The van der Waals surface area contributed by atoms with E-state index < -0.39 is 29.1 Å².